The van der Waals surface area contributed by atoms with Gasteiger partial charge in [0, 0.05) is 36.3 Å². The Kier molecular flexibility index (Phi) is 4.84. The van der Waals surface area contributed by atoms with Crippen LogP contribution in [0.4, 0.5) is 17.2 Å². The predicted molar refractivity (Wildman–Crippen MR) is 98.4 cm³/mol. The Morgan fingerprint density at radius 2 is 1.69 bits per heavy atom. The summed E-state index contributed by atoms with van der Waals surface area (Å²) in [5, 5.41) is 5.36. The zero-order chi connectivity index (χ0) is 18.5. The summed E-state index contributed by atoms with van der Waals surface area (Å²) in [7, 11) is 0. The molecule has 0 atom stereocenters. The monoisotopic (exact) mass is 348 g/mol. The number of pyridine rings is 1. The quantitative estimate of drug-likeness (QED) is 0.665. The summed E-state index contributed by atoms with van der Waals surface area (Å²) < 4.78 is 0. The lowest BCUT2D eigenvalue weighted by atomic mass is 10.2. The van der Waals surface area contributed by atoms with E-state index in [1.165, 1.54) is 13.1 Å². The summed E-state index contributed by atoms with van der Waals surface area (Å²) in [4.78, 5) is 35.9. The Morgan fingerprint density at radius 1 is 1.00 bits per heavy atom. The predicted octanol–water partition coefficient (Wildman–Crippen LogP) is 2.33. The van der Waals surface area contributed by atoms with E-state index in [-0.39, 0.29) is 17.4 Å². The number of nitrogens with two attached hydrogens (primary N) is 1. The van der Waals surface area contributed by atoms with Crippen LogP contribution in [0.3, 0.4) is 0 Å². The molecule has 1 aromatic carbocycles. The Morgan fingerprint density at radius 3 is 2.31 bits per heavy atom. The second kappa shape index (κ2) is 7.39. The molecule has 0 aliphatic heterocycles. The number of hydrogen-bond donors (Lipinski definition) is 3. The maximum atomic E-state index is 12.5. The second-order valence-electron chi connectivity index (χ2n) is 5.44. The summed E-state index contributed by atoms with van der Waals surface area (Å²) in [6, 6.07) is 10.3. The minimum atomic E-state index is -0.479. The van der Waals surface area contributed by atoms with E-state index in [0.29, 0.717) is 17.1 Å². The summed E-state index contributed by atoms with van der Waals surface area (Å²) in [5.41, 5.74) is 8.23. The van der Waals surface area contributed by atoms with Crippen LogP contribution in [0.25, 0.3) is 11.3 Å². The molecule has 2 aromatic heterocycles. The van der Waals surface area contributed by atoms with E-state index >= 15 is 0 Å². The average molecular weight is 348 g/mol. The highest BCUT2D eigenvalue weighted by atomic mass is 16.2. The first kappa shape index (κ1) is 17.0. The molecule has 8 nitrogen and oxygen atoms in total. The highest BCUT2D eigenvalue weighted by Crippen LogP contribution is 2.19. The van der Waals surface area contributed by atoms with Crippen LogP contribution in [0.2, 0.25) is 0 Å². The van der Waals surface area contributed by atoms with E-state index in [1.807, 2.05) is 6.07 Å². The Balaban J connectivity index is 1.80. The van der Waals surface area contributed by atoms with Crippen molar-refractivity contribution in [2.75, 3.05) is 16.4 Å². The van der Waals surface area contributed by atoms with Crippen LogP contribution in [0.15, 0.2) is 55.0 Å². The molecule has 0 spiro atoms. The number of amides is 2. The fourth-order valence-corrected chi connectivity index (χ4v) is 2.25. The summed E-state index contributed by atoms with van der Waals surface area (Å²) in [6.07, 6.45) is 4.76. The van der Waals surface area contributed by atoms with Crippen LogP contribution in [0, 0.1) is 0 Å². The zero-order valence-electron chi connectivity index (χ0n) is 13.9. The minimum absolute atomic E-state index is 0.0253. The summed E-state index contributed by atoms with van der Waals surface area (Å²) in [5.74, 6) is -0.616. The van der Waals surface area contributed by atoms with Crippen LogP contribution in [-0.4, -0.2) is 26.8 Å². The van der Waals surface area contributed by atoms with Gasteiger partial charge >= 0.3 is 0 Å². The minimum Gasteiger partial charge on any atom is -0.382 e. The van der Waals surface area contributed by atoms with Crippen molar-refractivity contribution < 1.29 is 9.59 Å². The van der Waals surface area contributed by atoms with Crippen molar-refractivity contribution in [3.8, 4) is 11.3 Å². The van der Waals surface area contributed by atoms with E-state index in [2.05, 4.69) is 25.6 Å². The molecule has 0 bridgehead atoms. The lowest BCUT2D eigenvalue weighted by Gasteiger charge is -2.09. The van der Waals surface area contributed by atoms with Gasteiger partial charge in [0.15, 0.2) is 11.5 Å². The summed E-state index contributed by atoms with van der Waals surface area (Å²) in [6.45, 7) is 1.42. The molecule has 3 aromatic rings. The van der Waals surface area contributed by atoms with E-state index in [0.717, 1.165) is 5.56 Å². The topological polar surface area (TPSA) is 123 Å². The molecular formula is C18H16N6O2. The first-order chi connectivity index (χ1) is 12.5. The number of carbonyl (C=O) groups excluding carboxylic acids is 2. The lowest BCUT2D eigenvalue weighted by molar-refractivity contribution is -0.114. The van der Waals surface area contributed by atoms with Crippen molar-refractivity contribution >= 4 is 29.0 Å². The maximum absolute atomic E-state index is 12.5. The smallest absolute Gasteiger partial charge is 0.278 e. The van der Waals surface area contributed by atoms with Gasteiger partial charge in [0.2, 0.25) is 5.91 Å². The Labute approximate surface area is 149 Å². The number of benzene rings is 1. The molecule has 3 rings (SSSR count). The van der Waals surface area contributed by atoms with E-state index in [9.17, 15) is 9.59 Å². The number of carbonyl (C=O) groups is 2. The highest BCUT2D eigenvalue weighted by molar-refractivity contribution is 6.06. The molecule has 8 heteroatoms. The van der Waals surface area contributed by atoms with Crippen molar-refractivity contribution in [1.82, 2.24) is 15.0 Å². The molecule has 0 radical (unpaired) electrons. The van der Waals surface area contributed by atoms with Crippen LogP contribution in [-0.2, 0) is 4.79 Å². The Bertz CT molecular complexity index is 942. The third-order valence-corrected chi connectivity index (χ3v) is 3.44. The van der Waals surface area contributed by atoms with E-state index < -0.39 is 5.91 Å². The number of anilines is 3. The van der Waals surface area contributed by atoms with Gasteiger partial charge in [-0.1, -0.05) is 0 Å². The van der Waals surface area contributed by atoms with Gasteiger partial charge in [-0.25, -0.2) is 9.97 Å². The van der Waals surface area contributed by atoms with Gasteiger partial charge in [-0.15, -0.1) is 0 Å². The molecule has 0 saturated carbocycles. The third kappa shape index (κ3) is 3.99. The van der Waals surface area contributed by atoms with Crippen LogP contribution in [0.5, 0.6) is 0 Å². The first-order valence-electron chi connectivity index (χ1n) is 7.75. The molecule has 0 unspecified atom stereocenters. The van der Waals surface area contributed by atoms with Gasteiger partial charge in [-0.3, -0.25) is 14.6 Å². The van der Waals surface area contributed by atoms with Gasteiger partial charge in [0.1, 0.15) is 0 Å². The number of aromatic nitrogens is 3. The fourth-order valence-electron chi connectivity index (χ4n) is 2.25. The molecular weight excluding hydrogens is 332 g/mol. The van der Waals surface area contributed by atoms with Crippen molar-refractivity contribution in [1.29, 1.82) is 0 Å². The van der Waals surface area contributed by atoms with E-state index in [1.54, 1.807) is 42.7 Å². The SMILES string of the molecule is CC(=O)Nc1ccc(NC(=O)c2nc(-c3cccnc3)cnc2N)cc1. The number of nitrogen functional groups attached to an aromatic ring is 1. The first-order valence-corrected chi connectivity index (χ1v) is 7.75. The number of nitrogens with one attached hydrogen (secondary N) is 2. The molecule has 0 fully saturated rings. The molecule has 4 N–H and O–H groups in total. The van der Waals surface area contributed by atoms with Gasteiger partial charge in [-0.2, -0.15) is 0 Å². The normalized spacial score (nSPS) is 10.2. The zero-order valence-corrected chi connectivity index (χ0v) is 13.9. The molecule has 0 aliphatic rings. The number of nitrogens with zero attached hydrogens (tertiary/aromatic N) is 3. The van der Waals surface area contributed by atoms with Crippen LogP contribution in [0.1, 0.15) is 17.4 Å². The lowest BCUT2D eigenvalue weighted by Crippen LogP contribution is -2.17. The largest absolute Gasteiger partial charge is 0.382 e. The van der Waals surface area contributed by atoms with Gasteiger partial charge < -0.3 is 16.4 Å². The van der Waals surface area contributed by atoms with Crippen molar-refractivity contribution in [2.45, 2.75) is 6.92 Å². The van der Waals surface area contributed by atoms with E-state index in [4.69, 9.17) is 5.73 Å². The van der Waals surface area contributed by atoms with Gasteiger partial charge in [0.05, 0.1) is 11.9 Å². The molecule has 0 saturated heterocycles. The van der Waals surface area contributed by atoms with Crippen LogP contribution < -0.4 is 16.4 Å². The number of hydrogen-bond acceptors (Lipinski definition) is 6. The second-order valence-corrected chi connectivity index (χ2v) is 5.44. The molecule has 0 aliphatic carbocycles. The van der Waals surface area contributed by atoms with Crippen molar-refractivity contribution in [2.24, 2.45) is 0 Å². The fraction of sp³-hybridized carbons (Fsp3) is 0.0556. The molecule has 2 heterocycles. The third-order valence-electron chi connectivity index (χ3n) is 3.44. The maximum Gasteiger partial charge on any atom is 0.278 e. The van der Waals surface area contributed by atoms with Gasteiger partial charge in [-0.05, 0) is 36.4 Å². The highest BCUT2D eigenvalue weighted by Gasteiger charge is 2.15. The van der Waals surface area contributed by atoms with Gasteiger partial charge in [0.25, 0.3) is 5.91 Å². The van der Waals surface area contributed by atoms with Crippen molar-refractivity contribution in [3.05, 3.63) is 60.7 Å². The molecule has 2 amide bonds. The van der Waals surface area contributed by atoms with Crippen LogP contribution >= 0.6 is 0 Å². The molecule has 26 heavy (non-hydrogen) atoms. The Hall–Kier alpha value is -3.81. The van der Waals surface area contributed by atoms with Crippen molar-refractivity contribution in [3.63, 3.8) is 0 Å². The standard InChI is InChI=1S/C18H16N6O2/c1-11(25)22-13-4-6-14(7-5-13)23-18(26)16-17(19)21-10-15(24-16)12-3-2-8-20-9-12/h2-10H,1H3,(H2,19,21)(H,22,25)(H,23,26). The number of rotatable bonds is 4. The molecule has 130 valence electrons. The average Bonchev–Trinajstić information content (AvgIpc) is 2.64. The summed E-state index contributed by atoms with van der Waals surface area (Å²) >= 11 is 0.